The van der Waals surface area contributed by atoms with Crippen molar-refractivity contribution in [3.63, 3.8) is 0 Å². The van der Waals surface area contributed by atoms with Gasteiger partial charge in [0.25, 0.3) is 10.0 Å². The van der Waals surface area contributed by atoms with Crippen LogP contribution >= 0.6 is 11.6 Å². The van der Waals surface area contributed by atoms with Gasteiger partial charge >= 0.3 is 0 Å². The van der Waals surface area contributed by atoms with Crippen LogP contribution in [-0.2, 0) is 21.9 Å². The Labute approximate surface area is 99.5 Å². The third kappa shape index (κ3) is 3.18. The predicted molar refractivity (Wildman–Crippen MR) is 59.4 cm³/mol. The van der Waals surface area contributed by atoms with Gasteiger partial charge < -0.3 is 0 Å². The first-order valence-electron chi connectivity index (χ1n) is 4.51. The van der Waals surface area contributed by atoms with Crippen LogP contribution in [0.1, 0.15) is 20.8 Å². The molecule has 0 aliphatic heterocycles. The Bertz CT molecular complexity index is 456. The number of hydrogen-bond donors (Lipinski definition) is 1. The molecule has 0 bridgehead atoms. The maximum absolute atomic E-state index is 11.8. The van der Waals surface area contributed by atoms with E-state index in [4.69, 9.17) is 16.4 Å². The highest BCUT2D eigenvalue weighted by molar-refractivity contribution is 7.89. The van der Waals surface area contributed by atoms with Crippen molar-refractivity contribution in [1.82, 2.24) is 14.7 Å². The highest BCUT2D eigenvalue weighted by Gasteiger charge is 2.25. The molecule has 1 N–H and O–H groups in total. The van der Waals surface area contributed by atoms with Crippen molar-refractivity contribution in [2.24, 2.45) is 7.05 Å². The molecular formula is C8H14ClN3O3S. The lowest BCUT2D eigenvalue weighted by atomic mass is 10.2. The molecule has 0 spiro atoms. The monoisotopic (exact) mass is 267 g/mol. The number of nitrogens with zero attached hydrogens (tertiary/aromatic N) is 2. The number of nitrogens with one attached hydrogen (secondary N) is 1. The summed E-state index contributed by atoms with van der Waals surface area (Å²) in [7, 11) is -2.33. The zero-order valence-electron chi connectivity index (χ0n) is 9.48. The summed E-state index contributed by atoms with van der Waals surface area (Å²) in [6, 6.07) is 0. The first-order valence-corrected chi connectivity index (χ1v) is 6.37. The van der Waals surface area contributed by atoms with Crippen LogP contribution in [0.15, 0.2) is 11.2 Å². The van der Waals surface area contributed by atoms with E-state index >= 15 is 0 Å². The van der Waals surface area contributed by atoms with Crippen molar-refractivity contribution >= 4 is 21.6 Å². The Kier molecular flexibility index (Phi) is 3.63. The minimum absolute atomic E-state index is 0.0486. The third-order valence-corrected chi connectivity index (χ3v) is 3.24. The van der Waals surface area contributed by atoms with E-state index in [1.54, 1.807) is 20.8 Å². The molecule has 0 amide bonds. The van der Waals surface area contributed by atoms with Crippen LogP contribution in [0.2, 0.25) is 5.02 Å². The fraction of sp³-hybridized carbons (Fsp3) is 0.625. The van der Waals surface area contributed by atoms with Crippen LogP contribution in [0.3, 0.4) is 0 Å². The van der Waals surface area contributed by atoms with Crippen molar-refractivity contribution < 1.29 is 13.3 Å². The topological polar surface area (TPSA) is 73.2 Å². The van der Waals surface area contributed by atoms with Crippen molar-refractivity contribution in [2.75, 3.05) is 0 Å². The van der Waals surface area contributed by atoms with Gasteiger partial charge in [-0.2, -0.15) is 5.10 Å². The van der Waals surface area contributed by atoms with Gasteiger partial charge in [-0.1, -0.05) is 16.5 Å². The summed E-state index contributed by atoms with van der Waals surface area (Å²) in [5.41, 5.74) is -0.627. The summed E-state index contributed by atoms with van der Waals surface area (Å²) in [6.45, 7) is 5.17. The molecule has 1 rings (SSSR count). The van der Waals surface area contributed by atoms with Crippen LogP contribution in [0.5, 0.6) is 0 Å². The van der Waals surface area contributed by atoms with E-state index in [1.165, 1.54) is 13.2 Å². The molecule has 0 saturated carbocycles. The minimum Gasteiger partial charge on any atom is -0.281 e. The van der Waals surface area contributed by atoms with Crippen LogP contribution in [-0.4, -0.2) is 23.8 Å². The highest BCUT2D eigenvalue weighted by atomic mass is 35.5. The summed E-state index contributed by atoms with van der Waals surface area (Å²) in [5, 5.41) is 3.66. The maximum Gasteiger partial charge on any atom is 0.281 e. The molecule has 0 aromatic carbocycles. The molecule has 0 atom stereocenters. The summed E-state index contributed by atoms with van der Waals surface area (Å²) in [6.07, 6.45) is 1.26. The Balaban J connectivity index is 2.96. The van der Waals surface area contributed by atoms with E-state index in [0.29, 0.717) is 0 Å². The van der Waals surface area contributed by atoms with Gasteiger partial charge in [-0.05, 0) is 20.8 Å². The summed E-state index contributed by atoms with van der Waals surface area (Å²) in [5.74, 6) is 0. The molecule has 92 valence electrons. The lowest BCUT2D eigenvalue weighted by Crippen LogP contribution is -2.34. The van der Waals surface area contributed by atoms with Gasteiger partial charge in [0.2, 0.25) is 0 Å². The Morgan fingerprint density at radius 1 is 1.50 bits per heavy atom. The largest absolute Gasteiger partial charge is 0.281 e. The van der Waals surface area contributed by atoms with E-state index in [9.17, 15) is 8.42 Å². The average molecular weight is 268 g/mol. The van der Waals surface area contributed by atoms with Crippen molar-refractivity contribution in [1.29, 1.82) is 0 Å². The van der Waals surface area contributed by atoms with Crippen LogP contribution in [0, 0.1) is 0 Å². The van der Waals surface area contributed by atoms with E-state index < -0.39 is 15.6 Å². The van der Waals surface area contributed by atoms with E-state index in [0.717, 1.165) is 4.68 Å². The molecule has 6 nitrogen and oxygen atoms in total. The van der Waals surface area contributed by atoms with E-state index in [2.05, 4.69) is 5.10 Å². The van der Waals surface area contributed by atoms with Crippen molar-refractivity contribution in [3.05, 3.63) is 11.2 Å². The molecule has 1 aromatic rings. The zero-order chi connectivity index (χ0) is 12.6. The van der Waals surface area contributed by atoms with Gasteiger partial charge in [0.15, 0.2) is 5.03 Å². The number of hydrogen-bond acceptors (Lipinski definition) is 4. The Hall–Kier alpha value is -0.630. The average Bonchev–Trinajstić information content (AvgIpc) is 2.42. The Morgan fingerprint density at radius 3 is 2.44 bits per heavy atom. The van der Waals surface area contributed by atoms with Gasteiger partial charge in [-0.25, -0.2) is 8.42 Å². The second-order valence-corrected chi connectivity index (χ2v) is 6.19. The molecule has 1 heterocycles. The molecule has 0 fully saturated rings. The summed E-state index contributed by atoms with van der Waals surface area (Å²) in [4.78, 5) is 7.00. The summed E-state index contributed by atoms with van der Waals surface area (Å²) < 4.78 is 24.8. The number of rotatable bonds is 3. The highest BCUT2D eigenvalue weighted by Crippen LogP contribution is 2.20. The first kappa shape index (κ1) is 13.4. The van der Waals surface area contributed by atoms with Crippen LogP contribution in [0.4, 0.5) is 0 Å². The number of sulfonamides is 1. The maximum atomic E-state index is 11.8. The number of aryl methyl sites for hydroxylation is 1. The molecule has 0 radical (unpaired) electrons. The summed E-state index contributed by atoms with van der Waals surface area (Å²) >= 11 is 5.72. The van der Waals surface area contributed by atoms with Crippen molar-refractivity contribution in [2.45, 2.75) is 31.4 Å². The van der Waals surface area contributed by atoms with Crippen LogP contribution < -0.4 is 4.89 Å². The quantitative estimate of drug-likeness (QED) is 0.832. The molecule has 0 unspecified atom stereocenters. The fourth-order valence-corrected chi connectivity index (χ4v) is 2.53. The van der Waals surface area contributed by atoms with Gasteiger partial charge in [0.05, 0.1) is 16.8 Å². The first-order chi connectivity index (χ1) is 7.13. The molecule has 8 heteroatoms. The number of aromatic nitrogens is 2. The fourth-order valence-electron chi connectivity index (χ4n) is 0.921. The zero-order valence-corrected chi connectivity index (χ0v) is 11.1. The van der Waals surface area contributed by atoms with Gasteiger partial charge in [-0.15, -0.1) is 0 Å². The molecule has 0 saturated heterocycles. The van der Waals surface area contributed by atoms with E-state index in [-0.39, 0.29) is 10.0 Å². The van der Waals surface area contributed by atoms with Gasteiger partial charge in [0, 0.05) is 7.05 Å². The van der Waals surface area contributed by atoms with Crippen molar-refractivity contribution in [3.8, 4) is 0 Å². The minimum atomic E-state index is -3.82. The van der Waals surface area contributed by atoms with E-state index in [1.807, 2.05) is 4.89 Å². The van der Waals surface area contributed by atoms with Crippen LogP contribution in [0.25, 0.3) is 0 Å². The van der Waals surface area contributed by atoms with Gasteiger partial charge in [0.1, 0.15) is 0 Å². The lowest BCUT2D eigenvalue weighted by molar-refractivity contribution is -0.0359. The predicted octanol–water partition coefficient (Wildman–Crippen LogP) is 1.08. The molecule has 0 aliphatic rings. The molecular weight excluding hydrogens is 254 g/mol. The number of halogens is 1. The standard InChI is InChI=1S/C8H14ClN3O3S/c1-8(2,3)15-11-16(13,14)7-6(9)5-10-12(7)4/h5,11H,1-4H3. The van der Waals surface area contributed by atoms with Gasteiger partial charge in [-0.3, -0.25) is 9.52 Å². The third-order valence-electron chi connectivity index (χ3n) is 1.55. The Morgan fingerprint density at radius 2 is 2.06 bits per heavy atom. The lowest BCUT2D eigenvalue weighted by Gasteiger charge is -2.19. The smallest absolute Gasteiger partial charge is 0.281 e. The second kappa shape index (κ2) is 4.33. The molecule has 16 heavy (non-hydrogen) atoms. The molecule has 0 aliphatic carbocycles. The second-order valence-electron chi connectivity index (χ2n) is 4.22. The molecule has 1 aromatic heterocycles. The SMILES string of the molecule is Cn1ncc(Cl)c1S(=O)(=O)NOC(C)(C)C. The normalized spacial score (nSPS) is 13.1.